The highest BCUT2D eigenvalue weighted by Gasteiger charge is 2.11. The average molecular weight is 430 g/mol. The van der Waals surface area contributed by atoms with E-state index in [1.165, 1.54) is 0 Å². The quantitative estimate of drug-likeness (QED) is 0.306. The first-order valence-electron chi connectivity index (χ1n) is 8.74. The number of ketones is 1. The van der Waals surface area contributed by atoms with E-state index in [2.05, 4.69) is 20.9 Å². The topological polar surface area (TPSA) is 47.8 Å². The van der Waals surface area contributed by atoms with E-state index < -0.39 is 0 Å². The molecule has 0 atom stereocenters. The van der Waals surface area contributed by atoms with Crippen molar-refractivity contribution in [1.29, 1.82) is 0 Å². The number of carbonyl (C=O) groups excluding carboxylic acids is 1. The molecule has 0 N–H and O–H groups in total. The number of pyridine rings is 1. The van der Waals surface area contributed by atoms with Gasteiger partial charge in [-0.3, -0.25) is 9.78 Å². The molecule has 0 aliphatic heterocycles. The van der Waals surface area contributed by atoms with Gasteiger partial charge in [0.1, 0.15) is 5.69 Å². The second-order valence-electron chi connectivity index (χ2n) is 6.16. The van der Waals surface area contributed by atoms with E-state index in [9.17, 15) is 4.79 Å². The summed E-state index contributed by atoms with van der Waals surface area (Å²) in [5, 5.41) is 4.72. The van der Waals surface area contributed by atoms with Gasteiger partial charge in [-0.05, 0) is 60.7 Å². The van der Waals surface area contributed by atoms with Crippen LogP contribution in [-0.2, 0) is 0 Å². The van der Waals surface area contributed by atoms with Crippen LogP contribution in [0.5, 0.6) is 0 Å². The molecule has 4 aromatic rings. The van der Waals surface area contributed by atoms with E-state index in [4.69, 9.17) is 5.10 Å². The lowest BCUT2D eigenvalue weighted by atomic mass is 10.1. The van der Waals surface area contributed by atoms with Gasteiger partial charge in [-0.25, -0.2) is 4.68 Å². The summed E-state index contributed by atoms with van der Waals surface area (Å²) in [6, 6.07) is 21.0. The zero-order chi connectivity index (χ0) is 19.3. The van der Waals surface area contributed by atoms with Crippen molar-refractivity contribution in [3.8, 4) is 16.9 Å². The Bertz CT molecular complexity index is 1120. The molecule has 2 aromatic heterocycles. The number of hydrogen-bond donors (Lipinski definition) is 0. The Kier molecular flexibility index (Phi) is 5.26. The van der Waals surface area contributed by atoms with E-state index in [-0.39, 0.29) is 5.78 Å². The second-order valence-corrected chi connectivity index (χ2v) is 7.08. The van der Waals surface area contributed by atoms with Crippen molar-refractivity contribution in [2.24, 2.45) is 0 Å². The van der Waals surface area contributed by atoms with E-state index >= 15 is 0 Å². The van der Waals surface area contributed by atoms with Crippen LogP contribution in [0.4, 0.5) is 0 Å². The Morgan fingerprint density at radius 3 is 2.46 bits per heavy atom. The lowest BCUT2D eigenvalue weighted by molar-refractivity contribution is 0.104. The first-order chi connectivity index (χ1) is 13.7. The van der Waals surface area contributed by atoms with Crippen molar-refractivity contribution < 1.29 is 4.79 Å². The monoisotopic (exact) mass is 429 g/mol. The molecule has 28 heavy (non-hydrogen) atoms. The first kappa shape index (κ1) is 18.1. The average Bonchev–Trinajstić information content (AvgIpc) is 3.18. The van der Waals surface area contributed by atoms with Crippen LogP contribution in [0.2, 0.25) is 0 Å². The molecule has 0 fully saturated rings. The Balaban J connectivity index is 1.71. The fraction of sp³-hybridized carbons (Fsp3) is 0. The molecule has 4 nitrogen and oxygen atoms in total. The van der Waals surface area contributed by atoms with Gasteiger partial charge in [-0.2, -0.15) is 5.10 Å². The molecular weight excluding hydrogens is 414 g/mol. The predicted octanol–water partition coefficient (Wildman–Crippen LogP) is 5.59. The molecule has 0 radical (unpaired) electrons. The number of carbonyl (C=O) groups is 1. The summed E-state index contributed by atoms with van der Waals surface area (Å²) in [7, 11) is 0. The summed E-state index contributed by atoms with van der Waals surface area (Å²) >= 11 is 3.38. The number of halogens is 1. The summed E-state index contributed by atoms with van der Waals surface area (Å²) in [4.78, 5) is 16.7. The molecule has 5 heteroatoms. The smallest absolute Gasteiger partial charge is 0.185 e. The molecule has 2 heterocycles. The highest BCUT2D eigenvalue weighted by Crippen LogP contribution is 2.24. The second kappa shape index (κ2) is 8.15. The molecule has 0 saturated heterocycles. The largest absolute Gasteiger partial charge is 0.289 e. The van der Waals surface area contributed by atoms with Gasteiger partial charge in [-0.15, -0.1) is 0 Å². The molecular formula is C23H16BrN3O. The summed E-state index contributed by atoms with van der Waals surface area (Å²) in [5.41, 5.74) is 4.11. The lowest BCUT2D eigenvalue weighted by Gasteiger charge is -2.00. The third-order valence-electron chi connectivity index (χ3n) is 4.24. The van der Waals surface area contributed by atoms with Gasteiger partial charge in [0.15, 0.2) is 5.78 Å². The van der Waals surface area contributed by atoms with Gasteiger partial charge >= 0.3 is 0 Å². The van der Waals surface area contributed by atoms with Gasteiger partial charge in [0.25, 0.3) is 0 Å². The van der Waals surface area contributed by atoms with Crippen molar-refractivity contribution in [3.63, 3.8) is 0 Å². The maximum atomic E-state index is 12.5. The fourth-order valence-corrected chi connectivity index (χ4v) is 3.09. The maximum Gasteiger partial charge on any atom is 0.185 e. The zero-order valence-electron chi connectivity index (χ0n) is 14.9. The molecule has 0 amide bonds. The Morgan fingerprint density at radius 2 is 1.75 bits per heavy atom. The lowest BCUT2D eigenvalue weighted by Crippen LogP contribution is -1.94. The third-order valence-corrected chi connectivity index (χ3v) is 4.77. The number of benzene rings is 2. The summed E-state index contributed by atoms with van der Waals surface area (Å²) < 4.78 is 2.75. The van der Waals surface area contributed by atoms with Gasteiger partial charge in [-0.1, -0.05) is 34.1 Å². The van der Waals surface area contributed by atoms with Crippen LogP contribution in [0.1, 0.15) is 15.9 Å². The zero-order valence-corrected chi connectivity index (χ0v) is 16.5. The maximum absolute atomic E-state index is 12.5. The van der Waals surface area contributed by atoms with Gasteiger partial charge in [0.2, 0.25) is 0 Å². The van der Waals surface area contributed by atoms with Gasteiger partial charge < -0.3 is 0 Å². The van der Waals surface area contributed by atoms with Gasteiger partial charge in [0, 0.05) is 39.8 Å². The number of para-hydroxylation sites is 1. The van der Waals surface area contributed by atoms with Crippen LogP contribution in [0.15, 0.2) is 95.9 Å². The van der Waals surface area contributed by atoms with Crippen LogP contribution in [-0.4, -0.2) is 20.5 Å². The molecule has 0 aliphatic carbocycles. The normalized spacial score (nSPS) is 11.0. The SMILES string of the molecule is O=C(/C=C/c1cn(-c2ccccc2)nc1-c1cccnc1)c1ccc(Br)cc1. The molecule has 4 rings (SSSR count). The summed E-state index contributed by atoms with van der Waals surface area (Å²) in [6.07, 6.45) is 8.80. The molecule has 0 aliphatic rings. The van der Waals surface area contributed by atoms with E-state index in [1.807, 2.05) is 65.5 Å². The predicted molar refractivity (Wildman–Crippen MR) is 114 cm³/mol. The fourth-order valence-electron chi connectivity index (χ4n) is 2.83. The number of nitrogens with zero attached hydrogens (tertiary/aromatic N) is 3. The van der Waals surface area contributed by atoms with Crippen molar-refractivity contribution in [1.82, 2.24) is 14.8 Å². The van der Waals surface area contributed by atoms with Crippen LogP contribution in [0.3, 0.4) is 0 Å². The standard InChI is InChI=1S/C23H16BrN3O/c24-20-11-8-17(9-12-20)22(28)13-10-19-16-27(21-6-2-1-3-7-21)26-23(19)18-5-4-14-25-15-18/h1-16H/b13-10+. The minimum Gasteiger partial charge on any atom is -0.289 e. The number of allylic oxidation sites excluding steroid dienone is 1. The molecule has 0 unspecified atom stereocenters. The molecule has 2 aromatic carbocycles. The van der Waals surface area contributed by atoms with Crippen LogP contribution >= 0.6 is 15.9 Å². The molecule has 0 bridgehead atoms. The van der Waals surface area contributed by atoms with E-state index in [0.29, 0.717) is 5.56 Å². The summed E-state index contributed by atoms with van der Waals surface area (Å²) in [6.45, 7) is 0. The van der Waals surface area contributed by atoms with Gasteiger partial charge in [0.05, 0.1) is 5.69 Å². The van der Waals surface area contributed by atoms with Crippen molar-refractivity contribution >= 4 is 27.8 Å². The van der Waals surface area contributed by atoms with Crippen molar-refractivity contribution in [2.45, 2.75) is 0 Å². The van der Waals surface area contributed by atoms with E-state index in [1.54, 1.807) is 36.7 Å². The Hall–Kier alpha value is -3.31. The van der Waals surface area contributed by atoms with Crippen molar-refractivity contribution in [2.75, 3.05) is 0 Å². The van der Waals surface area contributed by atoms with E-state index in [0.717, 1.165) is 27.0 Å². The Morgan fingerprint density at radius 1 is 0.964 bits per heavy atom. The van der Waals surface area contributed by atoms with Crippen LogP contribution in [0.25, 0.3) is 23.0 Å². The highest BCUT2D eigenvalue weighted by atomic mass is 79.9. The third kappa shape index (κ3) is 4.00. The van der Waals surface area contributed by atoms with Crippen LogP contribution < -0.4 is 0 Å². The summed E-state index contributed by atoms with van der Waals surface area (Å²) in [5.74, 6) is -0.0582. The Labute approximate surface area is 171 Å². The number of rotatable bonds is 5. The number of aromatic nitrogens is 3. The molecule has 136 valence electrons. The molecule has 0 spiro atoms. The minimum absolute atomic E-state index is 0.0582. The first-order valence-corrected chi connectivity index (χ1v) is 9.53. The minimum atomic E-state index is -0.0582. The van der Waals surface area contributed by atoms with Crippen molar-refractivity contribution in [3.05, 3.63) is 107 Å². The number of hydrogen-bond acceptors (Lipinski definition) is 3. The highest BCUT2D eigenvalue weighted by molar-refractivity contribution is 9.10. The molecule has 0 saturated carbocycles. The van der Waals surface area contributed by atoms with Crippen LogP contribution in [0, 0.1) is 0 Å².